The molecule has 5 atom stereocenters. The van der Waals surface area contributed by atoms with Crippen molar-refractivity contribution in [2.24, 2.45) is 5.11 Å². The van der Waals surface area contributed by atoms with Crippen molar-refractivity contribution in [2.45, 2.75) is 68.3 Å². The van der Waals surface area contributed by atoms with E-state index in [1.807, 2.05) is 37.3 Å². The molecule has 2 rings (SSSR count). The SMILES string of the molecule is CCCCOC1[C@@H](Sc2ccccc2)OC(COC(C)=O)[C@@H](OC(C)=O)[C@@H]1N=[N+]=[N-]. The highest BCUT2D eigenvalue weighted by molar-refractivity contribution is 7.99. The first kappa shape index (κ1) is 24.0. The normalized spacial score (nSPS) is 25.8. The summed E-state index contributed by atoms with van der Waals surface area (Å²) in [5.41, 5.74) is 8.61. The summed E-state index contributed by atoms with van der Waals surface area (Å²) >= 11 is 1.41. The minimum Gasteiger partial charge on any atom is -0.463 e. The highest BCUT2D eigenvalue weighted by Gasteiger charge is 2.49. The minimum atomic E-state index is -0.947. The van der Waals surface area contributed by atoms with E-state index in [0.717, 1.165) is 17.7 Å². The number of carbonyl (C=O) groups excluding carboxylic acids is 2. The van der Waals surface area contributed by atoms with Gasteiger partial charge in [-0.15, -0.1) is 0 Å². The van der Waals surface area contributed by atoms with E-state index < -0.39 is 41.7 Å². The van der Waals surface area contributed by atoms with Gasteiger partial charge in [-0.05, 0) is 24.1 Å². The summed E-state index contributed by atoms with van der Waals surface area (Å²) in [5, 5.41) is 3.89. The smallest absolute Gasteiger partial charge is 0.303 e. The predicted molar refractivity (Wildman–Crippen MR) is 111 cm³/mol. The molecule has 10 heteroatoms. The standard InChI is InChI=1S/C20H27N3O6S/c1-4-5-11-26-19-17(22-23-21)18(28-14(3)25)16(12-27-13(2)24)29-20(19)30-15-9-7-6-8-10-15/h6-10,16-20H,4-5,11-12H2,1-3H3/t16?,17-,18+,19?,20+/m0/s1. The summed E-state index contributed by atoms with van der Waals surface area (Å²) in [7, 11) is 0. The molecule has 1 aromatic carbocycles. The number of carbonyl (C=O) groups is 2. The minimum absolute atomic E-state index is 0.141. The number of unbranched alkanes of at least 4 members (excludes halogenated alkanes) is 1. The van der Waals surface area contributed by atoms with Crippen molar-refractivity contribution >= 4 is 23.7 Å². The van der Waals surface area contributed by atoms with Gasteiger partial charge < -0.3 is 18.9 Å². The van der Waals surface area contributed by atoms with Crippen LogP contribution in [0.15, 0.2) is 40.3 Å². The maximum atomic E-state index is 11.7. The molecule has 30 heavy (non-hydrogen) atoms. The van der Waals surface area contributed by atoms with Gasteiger partial charge in [0.05, 0.1) is 0 Å². The number of ether oxygens (including phenoxy) is 4. The number of azide groups is 1. The zero-order valence-corrected chi connectivity index (χ0v) is 18.1. The molecular weight excluding hydrogens is 410 g/mol. The molecule has 9 nitrogen and oxygen atoms in total. The van der Waals surface area contributed by atoms with Crippen LogP contribution in [-0.4, -0.2) is 54.9 Å². The lowest BCUT2D eigenvalue weighted by Crippen LogP contribution is -2.59. The zero-order valence-electron chi connectivity index (χ0n) is 17.3. The number of thioether (sulfide) groups is 1. The molecule has 164 valence electrons. The van der Waals surface area contributed by atoms with Crippen LogP contribution in [0.3, 0.4) is 0 Å². The van der Waals surface area contributed by atoms with Gasteiger partial charge in [-0.3, -0.25) is 9.59 Å². The molecule has 0 aromatic heterocycles. The van der Waals surface area contributed by atoms with Crippen LogP contribution in [0.25, 0.3) is 10.4 Å². The second-order valence-electron chi connectivity index (χ2n) is 6.73. The third kappa shape index (κ3) is 7.21. The fraction of sp³-hybridized carbons (Fsp3) is 0.600. The average molecular weight is 438 g/mol. The van der Waals surface area contributed by atoms with E-state index in [4.69, 9.17) is 24.5 Å². The first-order valence-electron chi connectivity index (χ1n) is 9.79. The Labute approximate surface area is 180 Å². The van der Waals surface area contributed by atoms with Gasteiger partial charge in [-0.2, -0.15) is 0 Å². The Kier molecular flexibility index (Phi) is 9.96. The van der Waals surface area contributed by atoms with Gasteiger partial charge >= 0.3 is 11.9 Å². The van der Waals surface area contributed by atoms with E-state index in [1.54, 1.807) is 0 Å². The topological polar surface area (TPSA) is 120 Å². The largest absolute Gasteiger partial charge is 0.463 e. The van der Waals surface area contributed by atoms with E-state index in [9.17, 15) is 9.59 Å². The van der Waals surface area contributed by atoms with E-state index >= 15 is 0 Å². The Bertz CT molecular complexity index is 743. The van der Waals surface area contributed by atoms with Crippen molar-refractivity contribution in [1.29, 1.82) is 0 Å². The molecule has 1 aliphatic rings. The van der Waals surface area contributed by atoms with Crippen LogP contribution in [-0.2, 0) is 28.5 Å². The Morgan fingerprint density at radius 2 is 1.93 bits per heavy atom. The number of nitrogens with zero attached hydrogens (tertiary/aromatic N) is 3. The van der Waals surface area contributed by atoms with Crippen molar-refractivity contribution in [1.82, 2.24) is 0 Å². The van der Waals surface area contributed by atoms with Crippen LogP contribution in [0, 0.1) is 0 Å². The number of hydrogen-bond acceptors (Lipinski definition) is 8. The molecule has 1 saturated heterocycles. The van der Waals surface area contributed by atoms with Crippen LogP contribution < -0.4 is 0 Å². The lowest BCUT2D eigenvalue weighted by molar-refractivity contribution is -0.199. The fourth-order valence-electron chi connectivity index (χ4n) is 3.03. The monoisotopic (exact) mass is 437 g/mol. The molecule has 0 aliphatic carbocycles. The number of rotatable bonds is 10. The molecular formula is C20H27N3O6S. The molecule has 0 N–H and O–H groups in total. The second kappa shape index (κ2) is 12.4. The molecule has 2 unspecified atom stereocenters. The van der Waals surface area contributed by atoms with Crippen molar-refractivity contribution in [2.75, 3.05) is 13.2 Å². The third-order valence-electron chi connectivity index (χ3n) is 4.36. The van der Waals surface area contributed by atoms with Crippen molar-refractivity contribution in [3.8, 4) is 0 Å². The van der Waals surface area contributed by atoms with Crippen LogP contribution >= 0.6 is 11.8 Å². The average Bonchev–Trinajstić information content (AvgIpc) is 2.71. The zero-order chi connectivity index (χ0) is 21.9. The fourth-order valence-corrected chi connectivity index (χ4v) is 4.18. The van der Waals surface area contributed by atoms with Crippen molar-refractivity contribution < 1.29 is 28.5 Å². The maximum absolute atomic E-state index is 11.7. The number of benzene rings is 1. The predicted octanol–water partition coefficient (Wildman–Crippen LogP) is 3.86. The summed E-state index contributed by atoms with van der Waals surface area (Å²) in [4.78, 5) is 26.9. The second-order valence-corrected chi connectivity index (χ2v) is 7.91. The summed E-state index contributed by atoms with van der Waals surface area (Å²) in [5.74, 6) is -1.05. The highest BCUT2D eigenvalue weighted by atomic mass is 32.2. The molecule has 1 heterocycles. The van der Waals surface area contributed by atoms with Gasteiger partial charge in [-0.25, -0.2) is 0 Å². The summed E-state index contributed by atoms with van der Waals surface area (Å²) in [6.45, 7) is 4.88. The maximum Gasteiger partial charge on any atom is 0.303 e. The molecule has 0 spiro atoms. The number of esters is 2. The van der Waals surface area contributed by atoms with Crippen molar-refractivity contribution in [3.63, 3.8) is 0 Å². The van der Waals surface area contributed by atoms with Gasteiger partial charge in [0.25, 0.3) is 0 Å². The van der Waals surface area contributed by atoms with Gasteiger partial charge in [0.2, 0.25) is 0 Å². The summed E-state index contributed by atoms with van der Waals surface area (Å²) < 4.78 is 22.8. The van der Waals surface area contributed by atoms with Gasteiger partial charge in [0.15, 0.2) is 0 Å². The lowest BCUT2D eigenvalue weighted by atomic mass is 9.97. The van der Waals surface area contributed by atoms with Crippen LogP contribution in [0.1, 0.15) is 33.6 Å². The Balaban J connectivity index is 2.36. The van der Waals surface area contributed by atoms with E-state index in [-0.39, 0.29) is 6.61 Å². The lowest BCUT2D eigenvalue weighted by Gasteiger charge is -2.43. The molecule has 0 radical (unpaired) electrons. The first-order valence-corrected chi connectivity index (χ1v) is 10.7. The van der Waals surface area contributed by atoms with Gasteiger partial charge in [0, 0.05) is 30.3 Å². The third-order valence-corrected chi connectivity index (χ3v) is 5.51. The van der Waals surface area contributed by atoms with E-state index in [0.29, 0.717) is 6.61 Å². The number of hydrogen-bond donors (Lipinski definition) is 0. The Morgan fingerprint density at radius 3 is 2.53 bits per heavy atom. The Hall–Kier alpha value is -2.26. The molecule has 1 fully saturated rings. The molecule has 1 aromatic rings. The molecule has 1 aliphatic heterocycles. The molecule has 0 amide bonds. The summed E-state index contributed by atoms with van der Waals surface area (Å²) in [6, 6.07) is 8.73. The van der Waals surface area contributed by atoms with Gasteiger partial charge in [0.1, 0.15) is 36.4 Å². The van der Waals surface area contributed by atoms with Crippen molar-refractivity contribution in [3.05, 3.63) is 40.8 Å². The van der Waals surface area contributed by atoms with Crippen LogP contribution in [0.5, 0.6) is 0 Å². The van der Waals surface area contributed by atoms with E-state index in [2.05, 4.69) is 10.0 Å². The Morgan fingerprint density at radius 1 is 1.20 bits per heavy atom. The van der Waals surface area contributed by atoms with Gasteiger partial charge in [-0.1, -0.05) is 48.4 Å². The first-order chi connectivity index (χ1) is 14.5. The van der Waals surface area contributed by atoms with Crippen LogP contribution in [0.4, 0.5) is 0 Å². The molecule has 0 saturated carbocycles. The molecule has 0 bridgehead atoms. The van der Waals surface area contributed by atoms with Crippen LogP contribution in [0.2, 0.25) is 0 Å². The van der Waals surface area contributed by atoms with E-state index in [1.165, 1.54) is 25.6 Å². The summed E-state index contributed by atoms with van der Waals surface area (Å²) in [6.07, 6.45) is -0.663. The highest BCUT2D eigenvalue weighted by Crippen LogP contribution is 2.37. The quantitative estimate of drug-likeness (QED) is 0.179.